The fourth-order valence-corrected chi connectivity index (χ4v) is 5.56. The summed E-state index contributed by atoms with van der Waals surface area (Å²) in [5.41, 5.74) is 4.66. The number of hydrogen-bond acceptors (Lipinski definition) is 14. The Morgan fingerprint density at radius 3 is 2.49 bits per heavy atom. The Morgan fingerprint density at radius 1 is 1.21 bits per heavy atom. The van der Waals surface area contributed by atoms with Crippen molar-refractivity contribution in [2.45, 2.75) is 44.8 Å². The fraction of sp³-hybridized carbons (Fsp3) is 0.500. The lowest BCUT2D eigenvalue weighted by molar-refractivity contribution is -0.326. The molecule has 2 heterocycles. The largest absolute Gasteiger partial charge is 0.508 e. The number of Topliss-reactive ketones (excluding diaryl/α,β-unsaturated/α-hetero) is 1. The highest BCUT2D eigenvalue weighted by molar-refractivity contribution is 7.66. The first-order valence-corrected chi connectivity index (χ1v) is 14.9. The molecule has 23 heteroatoms. The molecule has 20 nitrogen and oxygen atoms in total. The zero-order valence-corrected chi connectivity index (χ0v) is 22.4. The summed E-state index contributed by atoms with van der Waals surface area (Å²) in [6.45, 7) is 1.21. The first-order chi connectivity index (χ1) is 17.9. The van der Waals surface area contributed by atoms with Gasteiger partial charge in [0, 0.05) is 25.5 Å². The highest BCUT2D eigenvalue weighted by Gasteiger charge is 2.43. The van der Waals surface area contributed by atoms with Gasteiger partial charge in [0.25, 0.3) is 0 Å². The molecule has 0 aliphatic carbocycles. The number of nitrogens with zero attached hydrogens (tertiary/aromatic N) is 2. The van der Waals surface area contributed by atoms with E-state index in [9.17, 15) is 38.1 Å². The minimum absolute atomic E-state index is 0.0129. The van der Waals surface area contributed by atoms with Gasteiger partial charge in [-0.3, -0.25) is 9.36 Å². The molecule has 1 aromatic heterocycles. The van der Waals surface area contributed by atoms with Crippen LogP contribution in [0, 0.1) is 11.8 Å². The van der Waals surface area contributed by atoms with Crippen LogP contribution in [0.4, 0.5) is 5.82 Å². The van der Waals surface area contributed by atoms with Gasteiger partial charge >= 0.3 is 29.2 Å². The minimum atomic E-state index is -5.80. The van der Waals surface area contributed by atoms with E-state index in [4.69, 9.17) is 25.2 Å². The molecule has 5 unspecified atom stereocenters. The predicted molar refractivity (Wildman–Crippen MR) is 123 cm³/mol. The molecule has 0 spiro atoms. The fourth-order valence-electron chi connectivity index (χ4n) is 2.74. The maximum Gasteiger partial charge on any atom is 0.508 e. The summed E-state index contributed by atoms with van der Waals surface area (Å²) in [4.78, 5) is 78.4. The van der Waals surface area contributed by atoms with E-state index in [1.54, 1.807) is 0 Å². The van der Waals surface area contributed by atoms with E-state index >= 15 is 0 Å². The second-order valence-corrected chi connectivity index (χ2v) is 11.8. The minimum Gasteiger partial charge on any atom is -0.388 e. The molecule has 39 heavy (non-hydrogen) atoms. The van der Waals surface area contributed by atoms with Crippen LogP contribution in [0.5, 0.6) is 0 Å². The van der Waals surface area contributed by atoms with Gasteiger partial charge in [-0.2, -0.15) is 18.5 Å². The number of nitrogens with two attached hydrogens (primary N) is 1. The summed E-state index contributed by atoms with van der Waals surface area (Å²) in [5, 5.41) is 12.7. The number of aromatic nitrogens is 2. The Labute approximate surface area is 218 Å². The van der Waals surface area contributed by atoms with E-state index < -0.39 is 60.1 Å². The van der Waals surface area contributed by atoms with Crippen molar-refractivity contribution in [3.8, 4) is 11.8 Å². The van der Waals surface area contributed by atoms with Gasteiger partial charge in [-0.05, 0) is 6.92 Å². The molecule has 8 N–H and O–H groups in total. The molecule has 0 radical (unpaired) electrons. The predicted octanol–water partition coefficient (Wildman–Crippen LogP) is -1.46. The number of carbonyl (C=O) groups excluding carboxylic acids is 2. The molecule has 1 fully saturated rings. The van der Waals surface area contributed by atoms with Crippen molar-refractivity contribution in [2.24, 2.45) is 0 Å². The van der Waals surface area contributed by atoms with E-state index in [2.05, 4.69) is 40.3 Å². The third-order valence-electron chi connectivity index (χ3n) is 4.27. The molecular formula is C16H23N4O16P3. The maximum absolute atomic E-state index is 12.3. The molecular weight excluding hydrogens is 597 g/mol. The first kappa shape index (κ1) is 32.9. The SMILES string of the molecule is CC(=O)CCC(=O)NCC#Cc1cn(C2OC(OOP(=O)(O)OP(=O)(O)OP(=O)(O)O)CC2O)c(=O)nc1N. The highest BCUT2D eigenvalue weighted by atomic mass is 31.3. The monoisotopic (exact) mass is 620 g/mol. The Hall–Kier alpha value is -2.33. The van der Waals surface area contributed by atoms with Crippen molar-refractivity contribution >= 4 is 41.0 Å². The molecule has 1 aliphatic rings. The number of rotatable bonds is 12. The van der Waals surface area contributed by atoms with Crippen molar-refractivity contribution in [3.63, 3.8) is 0 Å². The van der Waals surface area contributed by atoms with Gasteiger partial charge in [0.1, 0.15) is 17.7 Å². The van der Waals surface area contributed by atoms with Crippen LogP contribution in [0.3, 0.4) is 0 Å². The van der Waals surface area contributed by atoms with Gasteiger partial charge < -0.3 is 45.3 Å². The molecule has 0 bridgehead atoms. The van der Waals surface area contributed by atoms with E-state index in [-0.39, 0.29) is 36.6 Å². The van der Waals surface area contributed by atoms with E-state index in [0.29, 0.717) is 0 Å². The second kappa shape index (κ2) is 13.4. The molecule has 1 saturated heterocycles. The Bertz CT molecular complexity index is 1350. The quantitative estimate of drug-likeness (QED) is 0.0608. The van der Waals surface area contributed by atoms with Crippen molar-refractivity contribution < 1.29 is 70.9 Å². The van der Waals surface area contributed by atoms with E-state index in [1.165, 1.54) is 6.92 Å². The van der Waals surface area contributed by atoms with E-state index in [0.717, 1.165) is 10.8 Å². The number of amides is 1. The number of aliphatic hydroxyl groups is 1. The molecule has 0 aromatic carbocycles. The number of carbonyl (C=O) groups is 2. The van der Waals surface area contributed by atoms with Crippen LogP contribution >= 0.6 is 23.5 Å². The summed E-state index contributed by atoms with van der Waals surface area (Å²) >= 11 is 0. The van der Waals surface area contributed by atoms with Crippen LogP contribution in [-0.2, 0) is 46.2 Å². The first-order valence-electron chi connectivity index (χ1n) is 10.3. The summed E-state index contributed by atoms with van der Waals surface area (Å²) in [6.07, 6.45) is -4.10. The van der Waals surface area contributed by atoms with Crippen LogP contribution in [0.15, 0.2) is 11.0 Å². The molecule has 218 valence electrons. The number of aliphatic hydroxyl groups excluding tert-OH is 1. The average Bonchev–Trinajstić information content (AvgIpc) is 3.13. The third kappa shape index (κ3) is 11.4. The molecule has 0 saturated carbocycles. The summed E-state index contributed by atoms with van der Waals surface area (Å²) in [5.74, 6) is 4.25. The van der Waals surface area contributed by atoms with Crippen LogP contribution in [0.2, 0.25) is 0 Å². The van der Waals surface area contributed by atoms with Crippen molar-refractivity contribution in [1.82, 2.24) is 14.9 Å². The number of hydrogen-bond donors (Lipinski definition) is 7. The molecule has 2 rings (SSSR count). The lowest BCUT2D eigenvalue weighted by Crippen LogP contribution is -2.32. The lowest BCUT2D eigenvalue weighted by atomic mass is 10.2. The van der Waals surface area contributed by atoms with Gasteiger partial charge in [0.05, 0.1) is 12.1 Å². The third-order valence-corrected chi connectivity index (χ3v) is 7.87. The van der Waals surface area contributed by atoms with Gasteiger partial charge in [-0.25, -0.2) is 18.5 Å². The Balaban J connectivity index is 2.04. The molecule has 1 amide bonds. The number of nitrogens with one attached hydrogen (secondary N) is 1. The van der Waals surface area contributed by atoms with Gasteiger partial charge in [-0.1, -0.05) is 11.8 Å². The average molecular weight is 620 g/mol. The number of ether oxygens (including phenoxy) is 1. The van der Waals surface area contributed by atoms with Crippen molar-refractivity contribution in [3.05, 3.63) is 22.2 Å². The zero-order chi connectivity index (χ0) is 29.6. The Morgan fingerprint density at radius 2 is 1.87 bits per heavy atom. The van der Waals surface area contributed by atoms with Crippen LogP contribution in [-0.4, -0.2) is 64.9 Å². The summed E-state index contributed by atoms with van der Waals surface area (Å²) < 4.78 is 50.7. The standard InChI is InChI=1S/C16H23N4O16P3/c1-9(21)4-5-12(23)18-6-2-3-10-8-20(16(24)19-14(10)17)15-11(22)7-13(32-15)33-34-38(28,29)36-39(30,31)35-37(25,26)27/h8,11,13,15,22H,4-7H2,1H3,(H,18,23)(H,28,29)(H,30,31)(H2,17,19,24)(H2,25,26,27). The molecule has 5 atom stereocenters. The van der Waals surface area contributed by atoms with Crippen LogP contribution in [0.25, 0.3) is 0 Å². The highest BCUT2D eigenvalue weighted by Crippen LogP contribution is 2.66. The normalized spacial score (nSPS) is 22.3. The Kier molecular flexibility index (Phi) is 11.3. The van der Waals surface area contributed by atoms with Crippen molar-refractivity contribution in [1.29, 1.82) is 0 Å². The maximum atomic E-state index is 12.3. The number of nitrogen functional groups attached to an aromatic ring is 1. The molecule has 1 aromatic rings. The number of ketones is 1. The summed E-state index contributed by atoms with van der Waals surface area (Å²) in [6, 6.07) is 0. The number of phosphoric acid groups is 3. The van der Waals surface area contributed by atoms with E-state index in [1.807, 2.05) is 0 Å². The smallest absolute Gasteiger partial charge is 0.388 e. The van der Waals surface area contributed by atoms with Crippen LogP contribution < -0.4 is 16.7 Å². The molecule has 1 aliphatic heterocycles. The van der Waals surface area contributed by atoms with Crippen LogP contribution in [0.1, 0.15) is 38.0 Å². The summed E-state index contributed by atoms with van der Waals surface area (Å²) in [7, 11) is -17.1. The second-order valence-electron chi connectivity index (χ2n) is 7.53. The van der Waals surface area contributed by atoms with Crippen molar-refractivity contribution in [2.75, 3.05) is 12.3 Å². The van der Waals surface area contributed by atoms with Gasteiger partial charge in [-0.15, -0.1) is 4.67 Å². The lowest BCUT2D eigenvalue weighted by Gasteiger charge is -2.18. The zero-order valence-electron chi connectivity index (χ0n) is 19.7. The van der Waals surface area contributed by atoms with Gasteiger partial charge in [0.2, 0.25) is 5.91 Å². The van der Waals surface area contributed by atoms with Gasteiger partial charge in [0.15, 0.2) is 12.5 Å². The number of anilines is 1. The topological polar surface area (TPSA) is 306 Å².